The average Bonchev–Trinajstić information content (AvgIpc) is 3.59. The Balaban J connectivity index is 1.07. The zero-order chi connectivity index (χ0) is 35.6. The Bertz CT molecular complexity index is 1920. The van der Waals surface area contributed by atoms with Crippen molar-refractivity contribution in [3.05, 3.63) is 124 Å². The molecular formula is C39H41N5O5S2. The highest BCUT2D eigenvalue weighted by Crippen LogP contribution is 2.40. The van der Waals surface area contributed by atoms with Gasteiger partial charge >= 0.3 is 0 Å². The molecule has 1 aliphatic rings. The molecule has 0 saturated carbocycles. The van der Waals surface area contributed by atoms with Crippen molar-refractivity contribution in [2.75, 3.05) is 16.8 Å². The Morgan fingerprint density at radius 2 is 1.63 bits per heavy atom. The molecule has 264 valence electrons. The lowest BCUT2D eigenvalue weighted by Crippen LogP contribution is -2.31. The summed E-state index contributed by atoms with van der Waals surface area (Å²) in [4.78, 5) is 25.0. The van der Waals surface area contributed by atoms with Gasteiger partial charge in [-0.05, 0) is 53.3 Å². The first kappa shape index (κ1) is 36.2. The van der Waals surface area contributed by atoms with Crippen LogP contribution in [-0.4, -0.2) is 39.0 Å². The number of nitrogens with two attached hydrogens (primary N) is 1. The minimum atomic E-state index is -0.571. The number of aliphatic hydroxyl groups excluding tert-OH is 1. The molecule has 3 unspecified atom stereocenters. The van der Waals surface area contributed by atoms with Gasteiger partial charge in [0.2, 0.25) is 11.8 Å². The van der Waals surface area contributed by atoms with Gasteiger partial charge in [-0.15, -0.1) is 10.2 Å². The number of para-hydroxylation sites is 2. The number of nitrogens with one attached hydrogen (secondary N) is 2. The standard InChI is InChI=1S/C39H41N5O5S2/c1-25-43-44-39(51-25)50-24-31-21-35(28-15-13-26(23-45)14-16-28)49-38(48-31)29-19-17-27(18-20-29)32-8-3-2-7-30(32)22-41-36(46)11-6-12-37(47)42-34-10-5-4-9-33(34)40/h2-5,7-10,13-20,31,35,38,45H,6,11-12,21-24,40H2,1H3,(H,41,46)(H,42,47). The molecule has 0 radical (unpaired) electrons. The van der Waals surface area contributed by atoms with Gasteiger partial charge in [-0.1, -0.05) is 108 Å². The fourth-order valence-electron chi connectivity index (χ4n) is 5.81. The van der Waals surface area contributed by atoms with E-state index in [2.05, 4.69) is 20.8 Å². The number of rotatable bonds is 14. The summed E-state index contributed by atoms with van der Waals surface area (Å²) in [5.74, 6) is 0.421. The van der Waals surface area contributed by atoms with Crippen molar-refractivity contribution in [1.29, 1.82) is 0 Å². The molecule has 5 aromatic rings. The molecule has 1 aliphatic heterocycles. The highest BCUT2D eigenvalue weighted by molar-refractivity contribution is 8.01. The largest absolute Gasteiger partial charge is 0.397 e. The smallest absolute Gasteiger partial charge is 0.224 e. The summed E-state index contributed by atoms with van der Waals surface area (Å²) in [5, 5.41) is 24.7. The van der Waals surface area contributed by atoms with E-state index in [1.807, 2.05) is 85.8 Å². The van der Waals surface area contributed by atoms with Crippen LogP contribution in [0.3, 0.4) is 0 Å². The lowest BCUT2D eigenvalue weighted by Gasteiger charge is -2.36. The molecule has 51 heavy (non-hydrogen) atoms. The fraction of sp³-hybridized carbons (Fsp3) is 0.282. The lowest BCUT2D eigenvalue weighted by atomic mass is 9.97. The molecule has 0 spiro atoms. The Morgan fingerprint density at radius 1 is 0.902 bits per heavy atom. The Kier molecular flexibility index (Phi) is 12.5. The number of nitrogen functional groups attached to an aromatic ring is 1. The molecule has 6 rings (SSSR count). The Morgan fingerprint density at radius 3 is 2.37 bits per heavy atom. The zero-order valence-electron chi connectivity index (χ0n) is 28.3. The second kappa shape index (κ2) is 17.6. The van der Waals surface area contributed by atoms with E-state index in [0.717, 1.165) is 42.7 Å². The van der Waals surface area contributed by atoms with E-state index in [1.165, 1.54) is 0 Å². The number of hydrogen-bond donors (Lipinski definition) is 4. The third-order valence-corrected chi connectivity index (χ3v) is 10.6. The van der Waals surface area contributed by atoms with E-state index in [0.29, 0.717) is 36.5 Å². The van der Waals surface area contributed by atoms with Gasteiger partial charge in [-0.25, -0.2) is 0 Å². The van der Waals surface area contributed by atoms with Gasteiger partial charge in [0.15, 0.2) is 10.6 Å². The normalized spacial score (nSPS) is 17.2. The summed E-state index contributed by atoms with van der Waals surface area (Å²) in [7, 11) is 0. The maximum Gasteiger partial charge on any atom is 0.224 e. The summed E-state index contributed by atoms with van der Waals surface area (Å²) < 4.78 is 14.0. The van der Waals surface area contributed by atoms with Crippen molar-refractivity contribution >= 4 is 46.3 Å². The van der Waals surface area contributed by atoms with Gasteiger partial charge in [-0.2, -0.15) is 0 Å². The second-order valence-corrected chi connectivity index (χ2v) is 14.7. The number of thioether (sulfide) groups is 1. The van der Waals surface area contributed by atoms with Crippen molar-refractivity contribution < 1.29 is 24.2 Å². The van der Waals surface area contributed by atoms with E-state index in [-0.39, 0.29) is 43.5 Å². The number of benzene rings is 4. The summed E-state index contributed by atoms with van der Waals surface area (Å²) in [6, 6.07) is 31.1. The van der Waals surface area contributed by atoms with Crippen LogP contribution in [-0.2, 0) is 32.2 Å². The summed E-state index contributed by atoms with van der Waals surface area (Å²) in [6.45, 7) is 2.30. The maximum atomic E-state index is 12.7. The first-order valence-corrected chi connectivity index (χ1v) is 18.7. The Hall–Kier alpha value is -4.59. The first-order valence-electron chi connectivity index (χ1n) is 16.9. The van der Waals surface area contributed by atoms with Crippen LogP contribution in [0.4, 0.5) is 11.4 Å². The van der Waals surface area contributed by atoms with E-state index >= 15 is 0 Å². The van der Waals surface area contributed by atoms with Crippen molar-refractivity contribution in [3.8, 4) is 11.1 Å². The highest BCUT2D eigenvalue weighted by atomic mass is 32.2. The SMILES string of the molecule is Cc1nnc(SCC2CC(c3ccc(CO)cc3)OC(c3ccc(-c4ccccc4CNC(=O)CCCC(=O)Nc4ccccc4N)cc3)O2)s1. The number of aromatic nitrogens is 2. The monoisotopic (exact) mass is 723 g/mol. The number of amides is 2. The summed E-state index contributed by atoms with van der Waals surface area (Å²) in [6.07, 6.45) is 0.738. The molecule has 0 aliphatic carbocycles. The molecule has 1 fully saturated rings. The van der Waals surface area contributed by atoms with E-state index in [1.54, 1.807) is 41.3 Å². The number of anilines is 2. The van der Waals surface area contributed by atoms with Crippen molar-refractivity contribution in [3.63, 3.8) is 0 Å². The highest BCUT2D eigenvalue weighted by Gasteiger charge is 2.32. The van der Waals surface area contributed by atoms with Gasteiger partial charge in [-0.3, -0.25) is 9.59 Å². The topological polar surface area (TPSA) is 149 Å². The average molecular weight is 724 g/mol. The fourth-order valence-corrected chi connectivity index (χ4v) is 7.67. The van der Waals surface area contributed by atoms with E-state index in [4.69, 9.17) is 15.2 Å². The van der Waals surface area contributed by atoms with Crippen LogP contribution in [0.5, 0.6) is 0 Å². The van der Waals surface area contributed by atoms with Crippen molar-refractivity contribution in [2.24, 2.45) is 0 Å². The number of carbonyl (C=O) groups is 2. The van der Waals surface area contributed by atoms with E-state index in [9.17, 15) is 14.7 Å². The van der Waals surface area contributed by atoms with Crippen LogP contribution < -0.4 is 16.4 Å². The molecule has 0 bridgehead atoms. The van der Waals surface area contributed by atoms with E-state index < -0.39 is 6.29 Å². The number of aryl methyl sites for hydroxylation is 1. The summed E-state index contributed by atoms with van der Waals surface area (Å²) >= 11 is 3.22. The minimum absolute atomic E-state index is 0.00781. The molecule has 3 atom stereocenters. The third kappa shape index (κ3) is 10.0. The van der Waals surface area contributed by atoms with Crippen LogP contribution in [0, 0.1) is 6.92 Å². The quantitative estimate of drug-likeness (QED) is 0.0682. The van der Waals surface area contributed by atoms with Gasteiger partial charge in [0.25, 0.3) is 0 Å². The number of hydrogen-bond acceptors (Lipinski definition) is 10. The molecular weight excluding hydrogens is 683 g/mol. The van der Waals surface area contributed by atoms with Crippen LogP contribution in [0.2, 0.25) is 0 Å². The van der Waals surface area contributed by atoms with Gasteiger partial charge in [0, 0.05) is 37.1 Å². The Labute approximate surface area is 305 Å². The first-order chi connectivity index (χ1) is 24.8. The molecule has 2 heterocycles. The number of aliphatic hydroxyl groups is 1. The molecule has 5 N–H and O–H groups in total. The summed E-state index contributed by atoms with van der Waals surface area (Å²) in [5.41, 5.74) is 12.8. The van der Waals surface area contributed by atoms with Crippen LogP contribution in [0.15, 0.2) is 101 Å². The van der Waals surface area contributed by atoms with Crippen LogP contribution >= 0.6 is 23.1 Å². The predicted molar refractivity (Wildman–Crippen MR) is 201 cm³/mol. The molecule has 1 aromatic heterocycles. The van der Waals surface area contributed by atoms with Gasteiger partial charge in [0.05, 0.1) is 30.2 Å². The zero-order valence-corrected chi connectivity index (χ0v) is 29.9. The minimum Gasteiger partial charge on any atom is -0.397 e. The van der Waals surface area contributed by atoms with Gasteiger partial charge < -0.3 is 30.9 Å². The maximum absolute atomic E-state index is 12.7. The molecule has 2 amide bonds. The van der Waals surface area contributed by atoms with Gasteiger partial charge in [0.1, 0.15) is 5.01 Å². The van der Waals surface area contributed by atoms with Crippen LogP contribution in [0.1, 0.15) is 65.3 Å². The van der Waals surface area contributed by atoms with Crippen molar-refractivity contribution in [1.82, 2.24) is 15.5 Å². The number of carbonyl (C=O) groups excluding carboxylic acids is 2. The molecule has 12 heteroatoms. The molecule has 10 nitrogen and oxygen atoms in total. The second-order valence-electron chi connectivity index (χ2n) is 12.3. The molecule has 1 saturated heterocycles. The van der Waals surface area contributed by atoms with Crippen LogP contribution in [0.25, 0.3) is 11.1 Å². The third-order valence-electron chi connectivity index (χ3n) is 8.54. The number of nitrogens with zero attached hydrogens (tertiary/aromatic N) is 2. The van der Waals surface area contributed by atoms with Crippen molar-refractivity contribution in [2.45, 2.75) is 68.6 Å². The molecule has 4 aromatic carbocycles. The number of ether oxygens (including phenoxy) is 2. The predicted octanol–water partition coefficient (Wildman–Crippen LogP) is 7.35. The lowest BCUT2D eigenvalue weighted by molar-refractivity contribution is -0.245.